The second kappa shape index (κ2) is 12.0. The Hall–Kier alpha value is -1.51. The molecule has 0 radical (unpaired) electrons. The fourth-order valence-corrected chi connectivity index (χ4v) is 2.11. The molecule has 0 heterocycles. The molecule has 0 saturated heterocycles. The summed E-state index contributed by atoms with van der Waals surface area (Å²) in [5, 5.41) is 3.11. The van der Waals surface area contributed by atoms with Crippen LogP contribution >= 0.6 is 24.0 Å². The predicted molar refractivity (Wildman–Crippen MR) is 118 cm³/mol. The van der Waals surface area contributed by atoms with E-state index in [0.717, 1.165) is 19.4 Å². The van der Waals surface area contributed by atoms with Gasteiger partial charge in [0.1, 0.15) is 5.60 Å². The third-order valence-corrected chi connectivity index (χ3v) is 3.73. The molecule has 148 valence electrons. The Labute approximate surface area is 174 Å². The van der Waals surface area contributed by atoms with Gasteiger partial charge in [0.15, 0.2) is 5.96 Å². The van der Waals surface area contributed by atoms with Crippen molar-refractivity contribution in [2.45, 2.75) is 52.2 Å². The number of rotatable bonds is 7. The third kappa shape index (κ3) is 10.5. The van der Waals surface area contributed by atoms with Crippen LogP contribution in [0.15, 0.2) is 35.3 Å². The first-order chi connectivity index (χ1) is 11.7. The number of guanidine groups is 1. The molecule has 0 aliphatic rings. The maximum Gasteiger partial charge on any atom is 0.410 e. The lowest BCUT2D eigenvalue weighted by Crippen LogP contribution is -2.40. The fourth-order valence-electron chi connectivity index (χ4n) is 2.11. The lowest BCUT2D eigenvalue weighted by molar-refractivity contribution is 0.0231. The van der Waals surface area contributed by atoms with E-state index in [1.165, 1.54) is 5.56 Å². The summed E-state index contributed by atoms with van der Waals surface area (Å²) >= 11 is 0. The SMILES string of the molecule is CC(CCN=C(N)NCCc1ccccc1)N(C)C(=O)OC(C)(C)C.I. The van der Waals surface area contributed by atoms with E-state index in [-0.39, 0.29) is 36.1 Å². The van der Waals surface area contributed by atoms with Crippen LogP contribution in [-0.4, -0.2) is 48.7 Å². The molecule has 0 aliphatic carbocycles. The summed E-state index contributed by atoms with van der Waals surface area (Å²) in [6.45, 7) is 8.84. The van der Waals surface area contributed by atoms with Gasteiger partial charge in [-0.05, 0) is 46.1 Å². The molecule has 7 heteroatoms. The number of halogens is 1. The molecule has 0 saturated carbocycles. The molecule has 0 bridgehead atoms. The predicted octanol–water partition coefficient (Wildman–Crippen LogP) is 3.40. The Kier molecular flexibility index (Phi) is 11.3. The van der Waals surface area contributed by atoms with E-state index in [1.807, 2.05) is 45.9 Å². The van der Waals surface area contributed by atoms with Crippen LogP contribution in [-0.2, 0) is 11.2 Å². The van der Waals surface area contributed by atoms with Crippen molar-refractivity contribution >= 4 is 36.0 Å². The van der Waals surface area contributed by atoms with E-state index in [1.54, 1.807) is 11.9 Å². The molecule has 0 aromatic heterocycles. The lowest BCUT2D eigenvalue weighted by atomic mass is 10.1. The van der Waals surface area contributed by atoms with Crippen LogP contribution in [0.2, 0.25) is 0 Å². The van der Waals surface area contributed by atoms with Crippen LogP contribution in [0.1, 0.15) is 39.7 Å². The summed E-state index contributed by atoms with van der Waals surface area (Å²) < 4.78 is 5.36. The summed E-state index contributed by atoms with van der Waals surface area (Å²) in [4.78, 5) is 17.9. The number of carbonyl (C=O) groups excluding carboxylic acids is 1. The molecule has 1 atom stereocenters. The first kappa shape index (κ1) is 24.5. The van der Waals surface area contributed by atoms with Crippen LogP contribution < -0.4 is 11.1 Å². The van der Waals surface area contributed by atoms with Gasteiger partial charge in [0.05, 0.1) is 0 Å². The zero-order valence-corrected chi connectivity index (χ0v) is 18.8. The summed E-state index contributed by atoms with van der Waals surface area (Å²) in [6, 6.07) is 10.2. The van der Waals surface area contributed by atoms with E-state index in [9.17, 15) is 4.79 Å². The molecule has 0 fully saturated rings. The molecule has 0 aliphatic heterocycles. The molecule has 1 amide bonds. The smallest absolute Gasteiger partial charge is 0.410 e. The Bertz CT molecular complexity index is 558. The molecular formula is C19H33IN4O2. The lowest BCUT2D eigenvalue weighted by Gasteiger charge is -2.28. The fraction of sp³-hybridized carbons (Fsp3) is 0.579. The van der Waals surface area contributed by atoms with Crippen LogP contribution in [0.25, 0.3) is 0 Å². The van der Waals surface area contributed by atoms with Gasteiger partial charge in [-0.15, -0.1) is 24.0 Å². The quantitative estimate of drug-likeness (QED) is 0.359. The van der Waals surface area contributed by atoms with Crippen LogP contribution in [0.5, 0.6) is 0 Å². The Morgan fingerprint density at radius 1 is 1.31 bits per heavy atom. The second-order valence-electron chi connectivity index (χ2n) is 7.16. The molecule has 6 nitrogen and oxygen atoms in total. The van der Waals surface area contributed by atoms with E-state index >= 15 is 0 Å². The minimum absolute atomic E-state index is 0. The summed E-state index contributed by atoms with van der Waals surface area (Å²) in [6.07, 6.45) is 1.30. The summed E-state index contributed by atoms with van der Waals surface area (Å²) in [7, 11) is 1.74. The van der Waals surface area contributed by atoms with Gasteiger partial charge in [-0.2, -0.15) is 0 Å². The molecule has 0 spiro atoms. The Balaban J connectivity index is 0.00000625. The van der Waals surface area contributed by atoms with Crippen LogP contribution in [0.3, 0.4) is 0 Å². The van der Waals surface area contributed by atoms with Crippen LogP contribution in [0, 0.1) is 0 Å². The maximum absolute atomic E-state index is 12.0. The molecular weight excluding hydrogens is 443 g/mol. The van der Waals surface area contributed by atoms with E-state index in [2.05, 4.69) is 22.4 Å². The van der Waals surface area contributed by atoms with Gasteiger partial charge in [-0.25, -0.2) is 4.79 Å². The van der Waals surface area contributed by atoms with E-state index in [0.29, 0.717) is 12.5 Å². The molecule has 1 unspecified atom stereocenters. The maximum atomic E-state index is 12.0. The Morgan fingerprint density at radius 2 is 1.92 bits per heavy atom. The summed E-state index contributed by atoms with van der Waals surface area (Å²) in [5.74, 6) is 0.433. The number of nitrogens with two attached hydrogens (primary N) is 1. The number of benzene rings is 1. The first-order valence-electron chi connectivity index (χ1n) is 8.72. The summed E-state index contributed by atoms with van der Waals surface area (Å²) in [5.41, 5.74) is 6.65. The van der Waals surface area contributed by atoms with Crippen molar-refractivity contribution < 1.29 is 9.53 Å². The Morgan fingerprint density at radius 3 is 2.50 bits per heavy atom. The van der Waals surface area contributed by atoms with Gasteiger partial charge in [0, 0.05) is 26.2 Å². The van der Waals surface area contributed by atoms with Gasteiger partial charge < -0.3 is 20.7 Å². The minimum atomic E-state index is -0.490. The molecule has 26 heavy (non-hydrogen) atoms. The number of hydrogen-bond donors (Lipinski definition) is 2. The zero-order chi connectivity index (χ0) is 18.9. The van der Waals surface area contributed by atoms with Crippen molar-refractivity contribution in [3.8, 4) is 0 Å². The average molecular weight is 476 g/mol. The molecule has 3 N–H and O–H groups in total. The standard InChI is InChI=1S/C19H32N4O2.HI/c1-15(23(5)18(24)25-19(2,3)4)11-13-21-17(20)22-14-12-16-9-7-6-8-10-16;/h6-10,15H,11-14H2,1-5H3,(H3,20,21,22);1H. The zero-order valence-electron chi connectivity index (χ0n) is 16.5. The normalized spacial score (nSPS) is 12.7. The second-order valence-corrected chi connectivity index (χ2v) is 7.16. The number of nitrogens with zero attached hydrogens (tertiary/aromatic N) is 2. The minimum Gasteiger partial charge on any atom is -0.444 e. The highest BCUT2D eigenvalue weighted by molar-refractivity contribution is 14.0. The van der Waals surface area contributed by atoms with Crippen LogP contribution in [0.4, 0.5) is 4.79 Å². The number of hydrogen-bond acceptors (Lipinski definition) is 3. The molecule has 1 rings (SSSR count). The first-order valence-corrected chi connectivity index (χ1v) is 8.72. The number of nitrogens with one attached hydrogen (secondary N) is 1. The highest BCUT2D eigenvalue weighted by Crippen LogP contribution is 2.11. The number of amides is 1. The molecule has 1 aromatic rings. The molecule has 1 aromatic carbocycles. The topological polar surface area (TPSA) is 80.0 Å². The van der Waals surface area contributed by atoms with Crippen molar-refractivity contribution in [2.24, 2.45) is 10.7 Å². The highest BCUT2D eigenvalue weighted by Gasteiger charge is 2.22. The number of aliphatic imine (C=N–C) groups is 1. The van der Waals surface area contributed by atoms with Crippen molar-refractivity contribution in [3.63, 3.8) is 0 Å². The van der Waals surface area contributed by atoms with Crippen molar-refractivity contribution in [2.75, 3.05) is 20.1 Å². The van der Waals surface area contributed by atoms with E-state index < -0.39 is 5.60 Å². The van der Waals surface area contributed by atoms with Gasteiger partial charge >= 0.3 is 6.09 Å². The van der Waals surface area contributed by atoms with Gasteiger partial charge in [-0.3, -0.25) is 4.99 Å². The number of carbonyl (C=O) groups is 1. The van der Waals surface area contributed by atoms with Crippen molar-refractivity contribution in [3.05, 3.63) is 35.9 Å². The van der Waals surface area contributed by atoms with Gasteiger partial charge in [0.25, 0.3) is 0 Å². The van der Waals surface area contributed by atoms with E-state index in [4.69, 9.17) is 10.5 Å². The largest absolute Gasteiger partial charge is 0.444 e. The van der Waals surface area contributed by atoms with Crippen molar-refractivity contribution in [1.82, 2.24) is 10.2 Å². The van der Waals surface area contributed by atoms with Gasteiger partial charge in [0.2, 0.25) is 0 Å². The monoisotopic (exact) mass is 476 g/mol. The number of ether oxygens (including phenoxy) is 1. The average Bonchev–Trinajstić information content (AvgIpc) is 2.53. The highest BCUT2D eigenvalue weighted by atomic mass is 127. The van der Waals surface area contributed by atoms with Crippen molar-refractivity contribution in [1.29, 1.82) is 0 Å². The van der Waals surface area contributed by atoms with Gasteiger partial charge in [-0.1, -0.05) is 30.3 Å². The third-order valence-electron chi connectivity index (χ3n) is 3.73.